The maximum Gasteiger partial charge on any atom is 0.241 e. The van der Waals surface area contributed by atoms with Crippen molar-refractivity contribution in [3.63, 3.8) is 0 Å². The number of primary sulfonamides is 1. The second kappa shape index (κ2) is 9.73. The molecular formula is C23H31N3O3S. The molecule has 1 saturated carbocycles. The van der Waals surface area contributed by atoms with Crippen molar-refractivity contribution in [2.45, 2.75) is 56.0 Å². The number of nitrogens with zero attached hydrogens (tertiary/aromatic N) is 2. The van der Waals surface area contributed by atoms with Gasteiger partial charge in [-0.2, -0.15) is 0 Å². The van der Waals surface area contributed by atoms with Crippen LogP contribution in [0.3, 0.4) is 0 Å². The molecule has 0 heterocycles. The molecule has 1 atom stereocenters. The lowest BCUT2D eigenvalue weighted by Crippen LogP contribution is -2.46. The van der Waals surface area contributed by atoms with Gasteiger partial charge in [0.05, 0.1) is 11.4 Å². The van der Waals surface area contributed by atoms with Crippen molar-refractivity contribution in [2.24, 2.45) is 5.14 Å². The number of carbonyl (C=O) groups is 1. The van der Waals surface area contributed by atoms with E-state index in [-0.39, 0.29) is 29.4 Å². The van der Waals surface area contributed by atoms with Crippen molar-refractivity contribution in [3.05, 3.63) is 60.2 Å². The summed E-state index contributed by atoms with van der Waals surface area (Å²) < 4.78 is 22.9. The van der Waals surface area contributed by atoms with Gasteiger partial charge in [0.15, 0.2) is 0 Å². The summed E-state index contributed by atoms with van der Waals surface area (Å²) in [7, 11) is -1.80. The third kappa shape index (κ3) is 5.47. The number of amides is 1. The molecule has 2 aromatic rings. The van der Waals surface area contributed by atoms with E-state index < -0.39 is 10.0 Å². The number of para-hydroxylation sites is 1. The van der Waals surface area contributed by atoms with Crippen molar-refractivity contribution in [3.8, 4) is 0 Å². The van der Waals surface area contributed by atoms with Gasteiger partial charge in [-0.05, 0) is 56.6 Å². The number of anilines is 1. The van der Waals surface area contributed by atoms with Gasteiger partial charge in [0.25, 0.3) is 0 Å². The van der Waals surface area contributed by atoms with Crippen LogP contribution in [0.15, 0.2) is 59.5 Å². The van der Waals surface area contributed by atoms with Crippen LogP contribution in [0, 0.1) is 0 Å². The molecule has 0 radical (unpaired) electrons. The van der Waals surface area contributed by atoms with E-state index in [1.807, 2.05) is 54.1 Å². The summed E-state index contributed by atoms with van der Waals surface area (Å²) in [5, 5.41) is 5.18. The number of hydrogen-bond donors (Lipinski definition) is 1. The number of carbonyl (C=O) groups excluding carboxylic acids is 1. The smallest absolute Gasteiger partial charge is 0.241 e. The average molecular weight is 430 g/mol. The molecule has 1 amide bonds. The Hall–Kier alpha value is -2.22. The quantitative estimate of drug-likeness (QED) is 0.727. The Balaban J connectivity index is 1.74. The van der Waals surface area contributed by atoms with E-state index in [2.05, 4.69) is 0 Å². The average Bonchev–Trinajstić information content (AvgIpc) is 2.74. The molecule has 1 unspecified atom stereocenters. The van der Waals surface area contributed by atoms with E-state index in [1.165, 1.54) is 18.6 Å². The standard InChI is InChI=1S/C23H31N3O3S/c1-18(19-13-15-22(16-14-19)30(24,28)29)25(2)17-23(27)26(20-9-5-3-6-10-20)21-11-7-4-8-12-21/h3,5-6,9-10,13-16,18,21H,4,7-8,11-12,17H2,1-2H3,(H2,24,28,29). The minimum Gasteiger partial charge on any atom is -0.308 e. The topological polar surface area (TPSA) is 83.7 Å². The molecule has 1 aliphatic rings. The van der Waals surface area contributed by atoms with Crippen LogP contribution in [0.5, 0.6) is 0 Å². The van der Waals surface area contributed by atoms with Crippen molar-refractivity contribution >= 4 is 21.6 Å². The zero-order chi connectivity index (χ0) is 21.7. The summed E-state index contributed by atoms with van der Waals surface area (Å²) in [5.41, 5.74) is 1.88. The van der Waals surface area contributed by atoms with Crippen LogP contribution in [0.1, 0.15) is 50.6 Å². The molecule has 0 saturated heterocycles. The zero-order valence-electron chi connectivity index (χ0n) is 17.7. The molecule has 7 heteroatoms. The summed E-state index contributed by atoms with van der Waals surface area (Å²) in [5.74, 6) is 0.0867. The molecule has 30 heavy (non-hydrogen) atoms. The summed E-state index contributed by atoms with van der Waals surface area (Å²) in [4.78, 5) is 17.4. The van der Waals surface area contributed by atoms with E-state index in [0.29, 0.717) is 0 Å². The molecule has 1 aliphatic carbocycles. The van der Waals surface area contributed by atoms with E-state index in [1.54, 1.807) is 12.1 Å². The fourth-order valence-electron chi connectivity index (χ4n) is 4.10. The molecule has 162 valence electrons. The highest BCUT2D eigenvalue weighted by Gasteiger charge is 2.28. The fraction of sp³-hybridized carbons (Fsp3) is 0.435. The molecule has 1 fully saturated rings. The van der Waals surface area contributed by atoms with E-state index in [4.69, 9.17) is 5.14 Å². The molecule has 3 rings (SSSR count). The first-order valence-electron chi connectivity index (χ1n) is 10.5. The third-order valence-electron chi connectivity index (χ3n) is 5.98. The second-order valence-electron chi connectivity index (χ2n) is 8.10. The number of nitrogens with two attached hydrogens (primary N) is 1. The van der Waals surface area contributed by atoms with Crippen LogP contribution in [-0.4, -0.2) is 38.9 Å². The number of rotatable bonds is 7. The maximum atomic E-state index is 13.4. The van der Waals surface area contributed by atoms with Crippen LogP contribution in [0.25, 0.3) is 0 Å². The first-order chi connectivity index (χ1) is 14.3. The van der Waals surface area contributed by atoms with Gasteiger partial charge < -0.3 is 4.90 Å². The lowest BCUT2D eigenvalue weighted by Gasteiger charge is -2.36. The highest BCUT2D eigenvalue weighted by atomic mass is 32.2. The lowest BCUT2D eigenvalue weighted by molar-refractivity contribution is -0.120. The number of hydrogen-bond acceptors (Lipinski definition) is 4. The molecule has 0 bridgehead atoms. The Labute approximate surface area is 179 Å². The highest BCUT2D eigenvalue weighted by Crippen LogP contribution is 2.28. The van der Waals surface area contributed by atoms with Crippen LogP contribution < -0.4 is 10.0 Å². The number of sulfonamides is 1. The SMILES string of the molecule is CC(c1ccc(S(N)(=O)=O)cc1)N(C)CC(=O)N(c1ccccc1)C1CCCCC1. The summed E-state index contributed by atoms with van der Waals surface area (Å²) >= 11 is 0. The molecular weight excluding hydrogens is 398 g/mol. The summed E-state index contributed by atoms with van der Waals surface area (Å²) in [6.07, 6.45) is 5.62. The summed E-state index contributed by atoms with van der Waals surface area (Å²) in [6.45, 7) is 2.29. The van der Waals surface area contributed by atoms with Crippen LogP contribution in [0.4, 0.5) is 5.69 Å². The van der Waals surface area contributed by atoms with Gasteiger partial charge in [0.2, 0.25) is 15.9 Å². The van der Waals surface area contributed by atoms with Crippen molar-refractivity contribution in [2.75, 3.05) is 18.5 Å². The Kier molecular flexibility index (Phi) is 7.28. The van der Waals surface area contributed by atoms with Crippen LogP contribution in [0.2, 0.25) is 0 Å². The minimum absolute atomic E-state index is 0.0487. The van der Waals surface area contributed by atoms with Gasteiger partial charge in [0, 0.05) is 17.8 Å². The predicted molar refractivity (Wildman–Crippen MR) is 120 cm³/mol. The number of benzene rings is 2. The largest absolute Gasteiger partial charge is 0.308 e. The van der Waals surface area contributed by atoms with Crippen molar-refractivity contribution in [1.29, 1.82) is 0 Å². The predicted octanol–water partition coefficient (Wildman–Crippen LogP) is 3.69. The molecule has 2 N–H and O–H groups in total. The third-order valence-corrected chi connectivity index (χ3v) is 6.91. The van der Waals surface area contributed by atoms with E-state index >= 15 is 0 Å². The lowest BCUT2D eigenvalue weighted by atomic mass is 9.93. The first kappa shape index (κ1) is 22.5. The van der Waals surface area contributed by atoms with Gasteiger partial charge in [-0.15, -0.1) is 0 Å². The highest BCUT2D eigenvalue weighted by molar-refractivity contribution is 7.89. The number of likely N-dealkylation sites (N-methyl/N-ethyl adjacent to an activating group) is 1. The molecule has 0 aliphatic heterocycles. The van der Waals surface area contributed by atoms with E-state index in [9.17, 15) is 13.2 Å². The van der Waals surface area contributed by atoms with Gasteiger partial charge in [0.1, 0.15) is 0 Å². The van der Waals surface area contributed by atoms with Crippen molar-refractivity contribution < 1.29 is 13.2 Å². The van der Waals surface area contributed by atoms with Crippen LogP contribution in [-0.2, 0) is 14.8 Å². The molecule has 6 nitrogen and oxygen atoms in total. The van der Waals surface area contributed by atoms with E-state index in [0.717, 1.165) is 36.9 Å². The molecule has 0 spiro atoms. The monoisotopic (exact) mass is 429 g/mol. The zero-order valence-corrected chi connectivity index (χ0v) is 18.5. The van der Waals surface area contributed by atoms with Gasteiger partial charge in [-0.1, -0.05) is 49.6 Å². The molecule has 0 aromatic heterocycles. The van der Waals surface area contributed by atoms with Crippen molar-refractivity contribution in [1.82, 2.24) is 4.90 Å². The Bertz CT molecular complexity index is 939. The Morgan fingerprint density at radius 3 is 2.20 bits per heavy atom. The summed E-state index contributed by atoms with van der Waals surface area (Å²) in [6, 6.07) is 16.6. The van der Waals surface area contributed by atoms with Crippen LogP contribution >= 0.6 is 0 Å². The van der Waals surface area contributed by atoms with Gasteiger partial charge in [-0.3, -0.25) is 9.69 Å². The van der Waals surface area contributed by atoms with Gasteiger partial charge in [-0.25, -0.2) is 13.6 Å². The Morgan fingerprint density at radius 1 is 1.03 bits per heavy atom. The minimum atomic E-state index is -3.71. The first-order valence-corrected chi connectivity index (χ1v) is 12.0. The maximum absolute atomic E-state index is 13.4. The second-order valence-corrected chi connectivity index (χ2v) is 9.66. The Morgan fingerprint density at radius 2 is 1.63 bits per heavy atom. The normalized spacial score (nSPS) is 16.4. The molecule has 2 aromatic carbocycles. The van der Waals surface area contributed by atoms with Gasteiger partial charge >= 0.3 is 0 Å². The fourth-order valence-corrected chi connectivity index (χ4v) is 4.62.